The van der Waals surface area contributed by atoms with Crippen LogP contribution in [0.1, 0.15) is 73.5 Å². The Morgan fingerprint density at radius 2 is 1.89 bits per heavy atom. The molecule has 27 heavy (non-hydrogen) atoms. The van der Waals surface area contributed by atoms with Gasteiger partial charge in [-0.1, -0.05) is 32.6 Å². The number of fused-ring (bicyclic) bond motifs is 1. The summed E-state index contributed by atoms with van der Waals surface area (Å²) in [5.74, 6) is -0.144. The van der Waals surface area contributed by atoms with Crippen molar-refractivity contribution in [2.24, 2.45) is 5.73 Å². The quantitative estimate of drug-likeness (QED) is 0.679. The lowest BCUT2D eigenvalue weighted by Crippen LogP contribution is -2.29. The van der Waals surface area contributed by atoms with E-state index in [1.165, 1.54) is 38.5 Å². The van der Waals surface area contributed by atoms with Gasteiger partial charge in [0.15, 0.2) is 0 Å². The van der Waals surface area contributed by atoms with E-state index in [0.29, 0.717) is 12.1 Å². The molecule has 3 N–H and O–H groups in total. The first-order valence-electron chi connectivity index (χ1n) is 10.4. The molecule has 1 fully saturated rings. The van der Waals surface area contributed by atoms with Crippen LogP contribution in [-0.2, 0) is 13.1 Å². The van der Waals surface area contributed by atoms with Crippen molar-refractivity contribution >= 4 is 16.8 Å². The maximum atomic E-state index is 12.3. The molecule has 0 atom stereocenters. The van der Waals surface area contributed by atoms with Crippen LogP contribution in [0.3, 0.4) is 0 Å². The van der Waals surface area contributed by atoms with Gasteiger partial charge in [0, 0.05) is 35.2 Å². The second kappa shape index (κ2) is 8.79. The molecule has 1 aliphatic rings. The van der Waals surface area contributed by atoms with Crippen LogP contribution >= 0.6 is 0 Å². The number of phenols is 1. The summed E-state index contributed by atoms with van der Waals surface area (Å²) in [6, 6.07) is 3.71. The normalized spacial score (nSPS) is 15.5. The van der Waals surface area contributed by atoms with Crippen LogP contribution in [0.25, 0.3) is 10.9 Å². The standard InChI is InChI=1S/C22H33N3O2/c1-3-4-5-9-14-25-16(2)20(22(23)27)21-17(19(26)11-10-18(21)25)15-24-12-7-6-8-13-24/h10-11,26H,3-9,12-15H2,1-2H3,(H2,23,27). The molecule has 0 unspecified atom stereocenters. The molecule has 0 bridgehead atoms. The number of benzene rings is 1. The highest BCUT2D eigenvalue weighted by Crippen LogP contribution is 2.35. The Bertz CT molecular complexity index is 804. The van der Waals surface area contributed by atoms with Gasteiger partial charge in [0.05, 0.1) is 5.56 Å². The number of unbranched alkanes of at least 4 members (excludes halogenated alkanes) is 3. The SMILES string of the molecule is CCCCCCn1c(C)c(C(N)=O)c2c(CN3CCCCC3)c(O)ccc21. The Labute approximate surface area is 162 Å². The van der Waals surface area contributed by atoms with Crippen LogP contribution in [0.4, 0.5) is 0 Å². The Kier molecular flexibility index (Phi) is 6.42. The number of carbonyl (C=O) groups is 1. The van der Waals surface area contributed by atoms with Crippen LogP contribution in [-0.4, -0.2) is 33.6 Å². The van der Waals surface area contributed by atoms with Gasteiger partial charge in [0.2, 0.25) is 0 Å². The number of piperidine rings is 1. The van der Waals surface area contributed by atoms with Crippen molar-refractivity contribution in [1.82, 2.24) is 9.47 Å². The van der Waals surface area contributed by atoms with Crippen LogP contribution in [0.2, 0.25) is 0 Å². The van der Waals surface area contributed by atoms with E-state index in [-0.39, 0.29) is 5.75 Å². The third-order valence-corrected chi connectivity index (χ3v) is 5.89. The number of likely N-dealkylation sites (tertiary alicyclic amines) is 1. The number of aromatic nitrogens is 1. The maximum absolute atomic E-state index is 12.3. The second-order valence-corrected chi connectivity index (χ2v) is 7.83. The summed E-state index contributed by atoms with van der Waals surface area (Å²) >= 11 is 0. The summed E-state index contributed by atoms with van der Waals surface area (Å²) in [6.07, 6.45) is 8.34. The average molecular weight is 372 g/mol. The minimum absolute atomic E-state index is 0.263. The van der Waals surface area contributed by atoms with E-state index >= 15 is 0 Å². The second-order valence-electron chi connectivity index (χ2n) is 7.83. The van der Waals surface area contributed by atoms with E-state index in [1.807, 2.05) is 13.0 Å². The molecule has 0 spiro atoms. The monoisotopic (exact) mass is 371 g/mol. The number of amides is 1. The average Bonchev–Trinajstić information content (AvgIpc) is 2.94. The number of hydrogen-bond donors (Lipinski definition) is 2. The minimum Gasteiger partial charge on any atom is -0.508 e. The van der Waals surface area contributed by atoms with Crippen molar-refractivity contribution in [1.29, 1.82) is 0 Å². The zero-order chi connectivity index (χ0) is 19.4. The number of phenolic OH excluding ortho intramolecular Hbond substituents is 1. The van der Waals surface area contributed by atoms with Crippen molar-refractivity contribution in [3.8, 4) is 5.75 Å². The largest absolute Gasteiger partial charge is 0.508 e. The van der Waals surface area contributed by atoms with Crippen molar-refractivity contribution < 1.29 is 9.90 Å². The molecule has 5 nitrogen and oxygen atoms in total. The molecule has 1 aromatic heterocycles. The Morgan fingerprint density at radius 1 is 1.15 bits per heavy atom. The van der Waals surface area contributed by atoms with Crippen LogP contribution < -0.4 is 5.73 Å². The molecule has 0 saturated carbocycles. The van der Waals surface area contributed by atoms with Gasteiger partial charge in [-0.05, 0) is 51.4 Å². The smallest absolute Gasteiger partial charge is 0.251 e. The molecular weight excluding hydrogens is 338 g/mol. The number of carbonyl (C=O) groups excluding carboxylic acids is 1. The fourth-order valence-electron chi connectivity index (χ4n) is 4.41. The zero-order valence-corrected chi connectivity index (χ0v) is 16.8. The van der Waals surface area contributed by atoms with Gasteiger partial charge in [-0.2, -0.15) is 0 Å². The van der Waals surface area contributed by atoms with Crippen molar-refractivity contribution in [3.05, 3.63) is 29.0 Å². The molecule has 1 aliphatic heterocycles. The van der Waals surface area contributed by atoms with E-state index in [1.54, 1.807) is 6.07 Å². The molecular formula is C22H33N3O2. The van der Waals surface area contributed by atoms with Gasteiger partial charge in [-0.15, -0.1) is 0 Å². The van der Waals surface area contributed by atoms with Crippen molar-refractivity contribution in [3.63, 3.8) is 0 Å². The third kappa shape index (κ3) is 4.13. The summed E-state index contributed by atoms with van der Waals surface area (Å²) in [4.78, 5) is 14.7. The number of aryl methyl sites for hydroxylation is 1. The molecule has 5 heteroatoms. The van der Waals surface area contributed by atoms with Gasteiger partial charge >= 0.3 is 0 Å². The molecule has 1 aromatic carbocycles. The molecule has 3 rings (SSSR count). The molecule has 1 saturated heterocycles. The van der Waals surface area contributed by atoms with E-state index in [9.17, 15) is 9.90 Å². The maximum Gasteiger partial charge on any atom is 0.251 e. The summed E-state index contributed by atoms with van der Waals surface area (Å²) < 4.78 is 2.21. The van der Waals surface area contributed by atoms with Gasteiger partial charge in [0.25, 0.3) is 5.91 Å². The lowest BCUT2D eigenvalue weighted by atomic mass is 10.0. The predicted octanol–water partition coefficient (Wildman–Crippen LogP) is 4.32. The molecule has 1 amide bonds. The fourth-order valence-corrected chi connectivity index (χ4v) is 4.41. The number of rotatable bonds is 8. The van der Waals surface area contributed by atoms with Crippen molar-refractivity contribution in [2.75, 3.05) is 13.1 Å². The molecule has 0 aliphatic carbocycles. The summed E-state index contributed by atoms with van der Waals surface area (Å²) in [5, 5.41) is 11.5. The first-order valence-corrected chi connectivity index (χ1v) is 10.4. The van der Waals surface area contributed by atoms with E-state index in [4.69, 9.17) is 5.73 Å². The Hall–Kier alpha value is -2.01. The summed E-state index contributed by atoms with van der Waals surface area (Å²) in [6.45, 7) is 7.81. The zero-order valence-electron chi connectivity index (χ0n) is 16.8. The predicted molar refractivity (Wildman–Crippen MR) is 110 cm³/mol. The van der Waals surface area contributed by atoms with Gasteiger partial charge < -0.3 is 15.4 Å². The number of nitrogens with zero attached hydrogens (tertiary/aromatic N) is 2. The van der Waals surface area contributed by atoms with Crippen LogP contribution in [0.15, 0.2) is 12.1 Å². The molecule has 2 heterocycles. The number of primary amides is 1. The summed E-state index contributed by atoms with van der Waals surface area (Å²) in [5.41, 5.74) is 9.13. The van der Waals surface area contributed by atoms with E-state index < -0.39 is 5.91 Å². The van der Waals surface area contributed by atoms with Gasteiger partial charge in [-0.3, -0.25) is 9.69 Å². The first kappa shape index (κ1) is 19.7. The molecule has 0 radical (unpaired) electrons. The highest BCUT2D eigenvalue weighted by Gasteiger charge is 2.24. The molecule has 2 aromatic rings. The van der Waals surface area contributed by atoms with E-state index in [0.717, 1.165) is 48.2 Å². The minimum atomic E-state index is -0.407. The van der Waals surface area contributed by atoms with Crippen LogP contribution in [0, 0.1) is 6.92 Å². The highest BCUT2D eigenvalue weighted by molar-refractivity contribution is 6.09. The summed E-state index contributed by atoms with van der Waals surface area (Å²) in [7, 11) is 0. The number of nitrogens with two attached hydrogens (primary N) is 1. The number of aromatic hydroxyl groups is 1. The van der Waals surface area contributed by atoms with Crippen molar-refractivity contribution in [2.45, 2.75) is 71.9 Å². The third-order valence-electron chi connectivity index (χ3n) is 5.89. The van der Waals surface area contributed by atoms with Gasteiger partial charge in [-0.25, -0.2) is 0 Å². The lowest BCUT2D eigenvalue weighted by Gasteiger charge is -2.27. The highest BCUT2D eigenvalue weighted by atomic mass is 16.3. The molecule has 148 valence electrons. The van der Waals surface area contributed by atoms with Crippen LogP contribution in [0.5, 0.6) is 5.75 Å². The number of hydrogen-bond acceptors (Lipinski definition) is 3. The first-order chi connectivity index (χ1) is 13.0. The Morgan fingerprint density at radius 3 is 2.56 bits per heavy atom. The fraction of sp³-hybridized carbons (Fsp3) is 0.591. The van der Waals surface area contributed by atoms with E-state index in [2.05, 4.69) is 16.4 Å². The lowest BCUT2D eigenvalue weighted by molar-refractivity contribution is 0.100. The Balaban J connectivity index is 2.03. The van der Waals surface area contributed by atoms with Gasteiger partial charge in [0.1, 0.15) is 5.75 Å². The topological polar surface area (TPSA) is 71.5 Å².